The van der Waals surface area contributed by atoms with E-state index in [0.29, 0.717) is 27.8 Å². The summed E-state index contributed by atoms with van der Waals surface area (Å²) in [7, 11) is 0. The minimum atomic E-state index is -0.549. The highest BCUT2D eigenvalue weighted by molar-refractivity contribution is 6.15. The molecule has 30 heavy (non-hydrogen) atoms. The Morgan fingerprint density at radius 1 is 1.17 bits per heavy atom. The molecule has 8 nitrogen and oxygen atoms in total. The lowest BCUT2D eigenvalue weighted by Gasteiger charge is -2.15. The highest BCUT2D eigenvalue weighted by atomic mass is 16.3. The third-order valence-corrected chi connectivity index (χ3v) is 4.80. The van der Waals surface area contributed by atoms with Crippen LogP contribution in [-0.2, 0) is 0 Å². The summed E-state index contributed by atoms with van der Waals surface area (Å²) in [5.74, 6) is -0.343. The number of hydrogen-bond donors (Lipinski definition) is 5. The molecule has 2 aromatic carbocycles. The fourth-order valence-electron chi connectivity index (χ4n) is 3.22. The molecular formula is C22H20N6O2. The molecule has 6 N–H and O–H groups in total. The number of aromatic amines is 1. The highest BCUT2D eigenvalue weighted by Gasteiger charge is 2.19. The second kappa shape index (κ2) is 8.14. The van der Waals surface area contributed by atoms with Crippen molar-refractivity contribution in [2.45, 2.75) is 6.04 Å². The van der Waals surface area contributed by atoms with Gasteiger partial charge in [0.2, 0.25) is 0 Å². The van der Waals surface area contributed by atoms with Gasteiger partial charge in [-0.05, 0) is 29.8 Å². The van der Waals surface area contributed by atoms with Crippen LogP contribution in [0.5, 0.6) is 0 Å². The summed E-state index contributed by atoms with van der Waals surface area (Å²) in [5, 5.41) is 20.9. The molecule has 0 bridgehead atoms. The molecule has 4 aromatic rings. The number of rotatable bonds is 6. The largest absolute Gasteiger partial charge is 0.398 e. The molecule has 0 radical (unpaired) electrons. The Labute approximate surface area is 172 Å². The molecule has 2 heterocycles. The molecule has 0 aliphatic rings. The molecule has 150 valence electrons. The van der Waals surface area contributed by atoms with Gasteiger partial charge in [0, 0.05) is 29.2 Å². The number of nitrogens with zero attached hydrogens (tertiary/aromatic N) is 2. The number of anilines is 1. The van der Waals surface area contributed by atoms with Crippen molar-refractivity contribution in [3.8, 4) is 0 Å². The van der Waals surface area contributed by atoms with Crippen LogP contribution < -0.4 is 11.1 Å². The Morgan fingerprint density at radius 3 is 2.60 bits per heavy atom. The standard InChI is InChI=1S/C22H20N6O2/c23-16-11-18-17(10-15(16)20(24)14-6-8-25-9-7-14)26-21(27-18)22(30)28-19(12-29)13-4-2-1-3-5-13/h1-11,19,24,29H,12,23H2,(H,26,27)(H,28,30). The first-order chi connectivity index (χ1) is 14.6. The van der Waals surface area contributed by atoms with E-state index in [1.54, 1.807) is 36.7 Å². The quantitative estimate of drug-likeness (QED) is 0.250. The summed E-state index contributed by atoms with van der Waals surface area (Å²) >= 11 is 0. The zero-order valence-electron chi connectivity index (χ0n) is 16.0. The number of imidazole rings is 1. The van der Waals surface area contributed by atoms with Gasteiger partial charge in [0.1, 0.15) is 0 Å². The predicted octanol–water partition coefficient (Wildman–Crippen LogP) is 2.42. The smallest absolute Gasteiger partial charge is 0.287 e. The van der Waals surface area contributed by atoms with Crippen LogP contribution in [0.3, 0.4) is 0 Å². The number of nitrogens with two attached hydrogens (primary N) is 1. The Morgan fingerprint density at radius 2 is 1.90 bits per heavy atom. The van der Waals surface area contributed by atoms with Crippen molar-refractivity contribution in [2.75, 3.05) is 12.3 Å². The number of pyridine rings is 1. The summed E-state index contributed by atoms with van der Waals surface area (Å²) in [6.45, 7) is -0.240. The third-order valence-electron chi connectivity index (χ3n) is 4.80. The van der Waals surface area contributed by atoms with Gasteiger partial charge in [-0.25, -0.2) is 4.98 Å². The van der Waals surface area contributed by atoms with E-state index in [1.807, 2.05) is 30.3 Å². The molecule has 8 heteroatoms. The molecule has 0 aliphatic heterocycles. The molecule has 0 saturated heterocycles. The minimum absolute atomic E-state index is 0.103. The lowest BCUT2D eigenvalue weighted by molar-refractivity contribution is 0.0907. The van der Waals surface area contributed by atoms with Crippen molar-refractivity contribution in [3.63, 3.8) is 0 Å². The maximum Gasteiger partial charge on any atom is 0.287 e. The SMILES string of the molecule is N=C(c1ccncc1)c1cc2[nH]c(C(=O)NC(CO)c3ccccc3)nc2cc1N. The highest BCUT2D eigenvalue weighted by Crippen LogP contribution is 2.23. The molecule has 0 aliphatic carbocycles. The molecule has 1 unspecified atom stereocenters. The van der Waals surface area contributed by atoms with E-state index in [2.05, 4.69) is 20.3 Å². The number of benzene rings is 2. The van der Waals surface area contributed by atoms with Gasteiger partial charge >= 0.3 is 0 Å². The van der Waals surface area contributed by atoms with Gasteiger partial charge in [-0.2, -0.15) is 0 Å². The van der Waals surface area contributed by atoms with Gasteiger partial charge in [0.15, 0.2) is 5.82 Å². The number of H-pyrrole nitrogens is 1. The molecule has 0 spiro atoms. The molecule has 4 rings (SSSR count). The number of carbonyl (C=O) groups is 1. The number of aliphatic hydroxyl groups excluding tert-OH is 1. The topological polar surface area (TPSA) is 141 Å². The average molecular weight is 400 g/mol. The number of carbonyl (C=O) groups excluding carboxylic acids is 1. The van der Waals surface area contributed by atoms with Crippen LogP contribution in [0.1, 0.15) is 33.4 Å². The number of amides is 1. The normalized spacial score (nSPS) is 11.9. The minimum Gasteiger partial charge on any atom is -0.398 e. The average Bonchev–Trinajstić information content (AvgIpc) is 3.20. The zero-order chi connectivity index (χ0) is 21.1. The molecule has 1 atom stereocenters. The van der Waals surface area contributed by atoms with E-state index >= 15 is 0 Å². The summed E-state index contributed by atoms with van der Waals surface area (Å²) in [6.07, 6.45) is 3.23. The van der Waals surface area contributed by atoms with E-state index in [4.69, 9.17) is 11.1 Å². The zero-order valence-corrected chi connectivity index (χ0v) is 16.0. The van der Waals surface area contributed by atoms with Crippen molar-refractivity contribution in [1.29, 1.82) is 5.41 Å². The Kier molecular flexibility index (Phi) is 5.23. The summed E-state index contributed by atoms with van der Waals surface area (Å²) in [5.41, 5.74) is 9.90. The third kappa shape index (κ3) is 3.76. The van der Waals surface area contributed by atoms with Crippen LogP contribution in [-0.4, -0.2) is 38.3 Å². The molecule has 2 aromatic heterocycles. The van der Waals surface area contributed by atoms with E-state index in [9.17, 15) is 9.90 Å². The van der Waals surface area contributed by atoms with E-state index in [1.165, 1.54) is 0 Å². The summed E-state index contributed by atoms with van der Waals surface area (Å²) in [6, 6.07) is 15.5. The maximum atomic E-state index is 12.7. The molecule has 0 fully saturated rings. The van der Waals surface area contributed by atoms with Gasteiger partial charge in [0.25, 0.3) is 5.91 Å². The lowest BCUT2D eigenvalue weighted by Crippen LogP contribution is -2.31. The van der Waals surface area contributed by atoms with Crippen molar-refractivity contribution in [3.05, 3.63) is 89.5 Å². The maximum absolute atomic E-state index is 12.7. The first kappa shape index (κ1) is 19.3. The number of fused-ring (bicyclic) bond motifs is 1. The molecular weight excluding hydrogens is 380 g/mol. The van der Waals surface area contributed by atoms with Crippen molar-refractivity contribution < 1.29 is 9.90 Å². The van der Waals surface area contributed by atoms with Crippen LogP contribution in [0.25, 0.3) is 11.0 Å². The Hall–Kier alpha value is -4.04. The second-order valence-corrected chi connectivity index (χ2v) is 6.77. The van der Waals surface area contributed by atoms with Crippen molar-refractivity contribution >= 4 is 28.3 Å². The molecule has 0 saturated carbocycles. The number of aliphatic hydroxyl groups is 1. The first-order valence-electron chi connectivity index (χ1n) is 9.32. The van der Waals surface area contributed by atoms with E-state index < -0.39 is 11.9 Å². The van der Waals surface area contributed by atoms with Gasteiger partial charge in [-0.3, -0.25) is 15.2 Å². The van der Waals surface area contributed by atoms with Gasteiger partial charge < -0.3 is 21.1 Å². The Balaban J connectivity index is 1.62. The van der Waals surface area contributed by atoms with Crippen LogP contribution >= 0.6 is 0 Å². The number of nitrogens with one attached hydrogen (secondary N) is 3. The number of hydrogen-bond acceptors (Lipinski definition) is 6. The lowest BCUT2D eigenvalue weighted by atomic mass is 10.0. The summed E-state index contributed by atoms with van der Waals surface area (Å²) in [4.78, 5) is 23.9. The Bertz CT molecular complexity index is 1200. The van der Waals surface area contributed by atoms with Crippen molar-refractivity contribution in [1.82, 2.24) is 20.3 Å². The number of nitrogen functional groups attached to an aromatic ring is 1. The monoisotopic (exact) mass is 400 g/mol. The summed E-state index contributed by atoms with van der Waals surface area (Å²) < 4.78 is 0. The van der Waals surface area contributed by atoms with Crippen LogP contribution in [0.4, 0.5) is 5.69 Å². The number of aromatic nitrogens is 3. The predicted molar refractivity (Wildman–Crippen MR) is 114 cm³/mol. The fraction of sp³-hybridized carbons (Fsp3) is 0.0909. The fourth-order valence-corrected chi connectivity index (χ4v) is 3.22. The second-order valence-electron chi connectivity index (χ2n) is 6.77. The van der Waals surface area contributed by atoms with E-state index in [0.717, 1.165) is 5.56 Å². The van der Waals surface area contributed by atoms with Crippen LogP contribution in [0, 0.1) is 5.41 Å². The van der Waals surface area contributed by atoms with Crippen molar-refractivity contribution in [2.24, 2.45) is 0 Å². The molecule has 1 amide bonds. The van der Waals surface area contributed by atoms with E-state index in [-0.39, 0.29) is 18.1 Å². The first-order valence-corrected chi connectivity index (χ1v) is 9.32. The van der Waals surface area contributed by atoms with Gasteiger partial charge in [-0.15, -0.1) is 0 Å². The van der Waals surface area contributed by atoms with Gasteiger partial charge in [0.05, 0.1) is 29.4 Å². The van der Waals surface area contributed by atoms with Gasteiger partial charge in [-0.1, -0.05) is 30.3 Å². The van der Waals surface area contributed by atoms with Crippen LogP contribution in [0.15, 0.2) is 67.0 Å². The van der Waals surface area contributed by atoms with Crippen LogP contribution in [0.2, 0.25) is 0 Å².